The van der Waals surface area contributed by atoms with Crippen LogP contribution in [0.1, 0.15) is 33.6 Å². The van der Waals surface area contributed by atoms with E-state index in [-0.39, 0.29) is 18.0 Å². The molecule has 5 nitrogen and oxygen atoms in total. The number of nitrogens with one attached hydrogen (secondary N) is 2. The average Bonchev–Trinajstić information content (AvgIpc) is 2.54. The molecule has 0 fully saturated rings. The molecule has 0 aliphatic rings. The lowest BCUT2D eigenvalue weighted by molar-refractivity contribution is -0.126. The summed E-state index contributed by atoms with van der Waals surface area (Å²) < 4.78 is 10.9. The number of ether oxygens (including phenoxy) is 2. The molecule has 1 atom stereocenters. The number of carbonyl (C=O) groups is 1. The van der Waals surface area contributed by atoms with Gasteiger partial charge in [0.05, 0.1) is 19.8 Å². The fourth-order valence-electron chi connectivity index (χ4n) is 1.37. The molecule has 0 saturated carbocycles. The van der Waals surface area contributed by atoms with E-state index in [0.29, 0.717) is 19.8 Å². The minimum atomic E-state index is -0.141. The third kappa shape index (κ3) is 17.8. The number of hydrogen-bond donors (Lipinski definition) is 2. The van der Waals surface area contributed by atoms with Gasteiger partial charge in [0, 0.05) is 18.7 Å². The van der Waals surface area contributed by atoms with Gasteiger partial charge in [-0.25, -0.2) is 0 Å². The van der Waals surface area contributed by atoms with E-state index in [4.69, 9.17) is 9.47 Å². The first-order chi connectivity index (χ1) is 11.2. The molecule has 0 aromatic heterocycles. The Morgan fingerprint density at radius 1 is 1.26 bits per heavy atom. The van der Waals surface area contributed by atoms with E-state index in [9.17, 15) is 4.79 Å². The van der Waals surface area contributed by atoms with E-state index < -0.39 is 0 Å². The second-order valence-corrected chi connectivity index (χ2v) is 7.43. The van der Waals surface area contributed by atoms with Gasteiger partial charge < -0.3 is 20.1 Å². The molecule has 0 radical (unpaired) electrons. The Morgan fingerprint density at radius 2 is 2.09 bits per heavy atom. The van der Waals surface area contributed by atoms with Crippen LogP contribution < -0.4 is 10.6 Å². The maximum absolute atomic E-state index is 11.4. The predicted molar refractivity (Wildman–Crippen MR) is 101 cm³/mol. The van der Waals surface area contributed by atoms with E-state index in [2.05, 4.69) is 36.3 Å². The minimum absolute atomic E-state index is 0.0534. The van der Waals surface area contributed by atoms with Gasteiger partial charge in [-0.2, -0.15) is 0 Å². The van der Waals surface area contributed by atoms with E-state index in [1.165, 1.54) is 0 Å². The van der Waals surface area contributed by atoms with Gasteiger partial charge in [0.1, 0.15) is 12.0 Å². The van der Waals surface area contributed by atoms with Gasteiger partial charge in [-0.3, -0.25) is 4.79 Å². The lowest BCUT2D eigenvalue weighted by atomic mass is 10.3. The number of unbranched alkanes of at least 4 members (excludes halogenated alkanes) is 1. The summed E-state index contributed by atoms with van der Waals surface area (Å²) in [5, 5.41) is 5.97. The molecule has 0 aliphatic carbocycles. The van der Waals surface area contributed by atoms with Crippen LogP contribution in [0.2, 0.25) is 0 Å². The largest absolute Gasteiger partial charge is 0.369 e. The summed E-state index contributed by atoms with van der Waals surface area (Å²) in [5.74, 6) is 6.79. The maximum Gasteiger partial charge on any atom is 0.246 e. The third-order valence-corrected chi connectivity index (χ3v) is 5.14. The number of hydrogen-bond acceptors (Lipinski definition) is 6. The summed E-state index contributed by atoms with van der Waals surface area (Å²) in [5.41, 5.74) is 0.118. The van der Waals surface area contributed by atoms with Crippen LogP contribution in [0.5, 0.6) is 0 Å². The van der Waals surface area contributed by atoms with Crippen LogP contribution >= 0.6 is 21.6 Å². The molecule has 0 rings (SSSR count). The first-order valence-electron chi connectivity index (χ1n) is 8.11. The highest BCUT2D eigenvalue weighted by atomic mass is 33.1. The van der Waals surface area contributed by atoms with Crippen molar-refractivity contribution in [2.75, 3.05) is 45.2 Å². The van der Waals surface area contributed by atoms with Crippen LogP contribution in [0, 0.1) is 11.8 Å². The van der Waals surface area contributed by atoms with Crippen molar-refractivity contribution in [3.05, 3.63) is 0 Å². The Morgan fingerprint density at radius 3 is 2.83 bits per heavy atom. The van der Waals surface area contributed by atoms with E-state index in [0.717, 1.165) is 31.7 Å². The van der Waals surface area contributed by atoms with Crippen molar-refractivity contribution < 1.29 is 14.3 Å². The molecule has 7 heteroatoms. The van der Waals surface area contributed by atoms with E-state index in [1.807, 2.05) is 6.92 Å². The topological polar surface area (TPSA) is 59.6 Å². The van der Waals surface area contributed by atoms with Crippen molar-refractivity contribution in [1.82, 2.24) is 10.6 Å². The fourth-order valence-corrected chi connectivity index (χ4v) is 3.32. The summed E-state index contributed by atoms with van der Waals surface area (Å²) in [6, 6.07) is 0. The molecule has 1 amide bonds. The molecule has 0 bridgehead atoms. The first kappa shape index (κ1) is 22.6. The van der Waals surface area contributed by atoms with Crippen molar-refractivity contribution in [1.29, 1.82) is 0 Å². The smallest absolute Gasteiger partial charge is 0.246 e. The Labute approximate surface area is 148 Å². The van der Waals surface area contributed by atoms with Crippen LogP contribution in [0.25, 0.3) is 0 Å². The van der Waals surface area contributed by atoms with Gasteiger partial charge >= 0.3 is 0 Å². The molecule has 0 aromatic rings. The number of amides is 1. The van der Waals surface area contributed by atoms with Crippen molar-refractivity contribution >= 4 is 27.5 Å². The molecule has 0 spiro atoms. The highest BCUT2D eigenvalue weighted by Crippen LogP contribution is 2.26. The first-order valence-corrected chi connectivity index (χ1v) is 10.5. The van der Waals surface area contributed by atoms with Crippen molar-refractivity contribution in [3.8, 4) is 11.8 Å². The standard InChI is InChI=1S/C16H30N2O3S2/c1-4-6-7-8-9-18-16(19)14-20-11-12-21-15(3)23-22-13-10-17-5-2/h15,17H,4-6,9-14H2,1-3H3,(H,18,19). The van der Waals surface area contributed by atoms with Crippen molar-refractivity contribution in [2.45, 2.75) is 39.0 Å². The van der Waals surface area contributed by atoms with Crippen molar-refractivity contribution in [3.63, 3.8) is 0 Å². The highest BCUT2D eigenvalue weighted by Gasteiger charge is 2.04. The van der Waals surface area contributed by atoms with E-state index in [1.54, 1.807) is 21.6 Å². The molecule has 2 N–H and O–H groups in total. The normalized spacial score (nSPS) is 11.6. The van der Waals surface area contributed by atoms with Gasteiger partial charge in [0.15, 0.2) is 0 Å². The quantitative estimate of drug-likeness (QED) is 0.214. The SMILES string of the molecule is CCCC#CCNC(=O)COCCOC(C)SSCCNCC. The van der Waals surface area contributed by atoms with Gasteiger partial charge in [0.25, 0.3) is 0 Å². The number of rotatable bonds is 14. The summed E-state index contributed by atoms with van der Waals surface area (Å²) in [6.07, 6.45) is 1.90. The molecule has 0 aliphatic heterocycles. The summed E-state index contributed by atoms with van der Waals surface area (Å²) in [6.45, 7) is 9.57. The second-order valence-electron chi connectivity index (χ2n) is 4.64. The van der Waals surface area contributed by atoms with Gasteiger partial charge in [-0.1, -0.05) is 41.4 Å². The maximum atomic E-state index is 11.4. The molecule has 0 saturated heterocycles. The highest BCUT2D eigenvalue weighted by molar-refractivity contribution is 8.76. The Balaban J connectivity index is 3.37. The Hall–Kier alpha value is -0.390. The lowest BCUT2D eigenvalue weighted by Gasteiger charge is -2.12. The summed E-state index contributed by atoms with van der Waals surface area (Å²) >= 11 is 0. The molecular formula is C16H30N2O3S2. The minimum Gasteiger partial charge on any atom is -0.369 e. The third-order valence-electron chi connectivity index (χ3n) is 2.50. The predicted octanol–water partition coefficient (Wildman–Crippen LogP) is 2.28. The summed E-state index contributed by atoms with van der Waals surface area (Å²) in [7, 11) is 3.51. The number of carbonyl (C=O) groups excluding carboxylic acids is 1. The average molecular weight is 363 g/mol. The molecule has 1 unspecified atom stereocenters. The van der Waals surface area contributed by atoms with Crippen LogP contribution in [-0.4, -0.2) is 56.6 Å². The molecule has 0 heterocycles. The van der Waals surface area contributed by atoms with Crippen LogP contribution in [0.15, 0.2) is 0 Å². The van der Waals surface area contributed by atoms with E-state index >= 15 is 0 Å². The monoisotopic (exact) mass is 362 g/mol. The molecule has 23 heavy (non-hydrogen) atoms. The van der Waals surface area contributed by atoms with Crippen LogP contribution in [0.3, 0.4) is 0 Å². The zero-order chi connectivity index (χ0) is 17.2. The molecule has 0 aromatic carbocycles. The Kier molecular flexibility index (Phi) is 17.7. The fraction of sp³-hybridized carbons (Fsp3) is 0.812. The van der Waals surface area contributed by atoms with Gasteiger partial charge in [-0.05, 0) is 19.9 Å². The molecule has 134 valence electrons. The zero-order valence-electron chi connectivity index (χ0n) is 14.5. The Bertz CT molecular complexity index is 346. The van der Waals surface area contributed by atoms with Gasteiger partial charge in [0.2, 0.25) is 5.91 Å². The summed E-state index contributed by atoms with van der Waals surface area (Å²) in [4.78, 5) is 11.4. The van der Waals surface area contributed by atoms with Crippen LogP contribution in [-0.2, 0) is 14.3 Å². The van der Waals surface area contributed by atoms with Crippen LogP contribution in [0.4, 0.5) is 0 Å². The molecular weight excluding hydrogens is 332 g/mol. The van der Waals surface area contributed by atoms with Crippen molar-refractivity contribution in [2.24, 2.45) is 0 Å². The zero-order valence-corrected chi connectivity index (χ0v) is 16.1. The lowest BCUT2D eigenvalue weighted by Crippen LogP contribution is -2.28. The second kappa shape index (κ2) is 18.0. The van der Waals surface area contributed by atoms with Gasteiger partial charge in [-0.15, -0.1) is 5.92 Å².